The number of hydrogen-bond acceptors (Lipinski definition) is 3. The molecule has 128 valence electrons. The quantitative estimate of drug-likeness (QED) is 0.437. The summed E-state index contributed by atoms with van der Waals surface area (Å²) in [5.41, 5.74) is 1.60. The maximum absolute atomic E-state index is 12.6. The number of nitrogens with zero attached hydrogens (tertiary/aromatic N) is 1. The SMILES string of the molecule is CNC(=N)NCC1CCC(C(=O)Nc2ccnc3[nH]ccc23)CC1. The smallest absolute Gasteiger partial charge is 0.227 e. The van der Waals surface area contributed by atoms with Crippen molar-refractivity contribution < 1.29 is 4.79 Å². The highest BCUT2D eigenvalue weighted by Gasteiger charge is 2.26. The zero-order valence-electron chi connectivity index (χ0n) is 13.9. The minimum absolute atomic E-state index is 0.0622. The van der Waals surface area contributed by atoms with Crippen LogP contribution in [0.1, 0.15) is 25.7 Å². The third kappa shape index (κ3) is 3.67. The van der Waals surface area contributed by atoms with Gasteiger partial charge in [-0.3, -0.25) is 10.2 Å². The number of pyridine rings is 1. The van der Waals surface area contributed by atoms with E-state index in [9.17, 15) is 4.79 Å². The predicted molar refractivity (Wildman–Crippen MR) is 95.0 cm³/mol. The maximum Gasteiger partial charge on any atom is 0.227 e. The Hall–Kier alpha value is -2.57. The van der Waals surface area contributed by atoms with Crippen molar-refractivity contribution in [2.75, 3.05) is 18.9 Å². The van der Waals surface area contributed by atoms with E-state index in [1.54, 1.807) is 13.2 Å². The summed E-state index contributed by atoms with van der Waals surface area (Å²) in [6.07, 6.45) is 7.34. The summed E-state index contributed by atoms with van der Waals surface area (Å²) in [4.78, 5) is 19.8. The van der Waals surface area contributed by atoms with E-state index >= 15 is 0 Å². The number of carbonyl (C=O) groups excluding carboxylic acids is 1. The van der Waals surface area contributed by atoms with Gasteiger partial charge in [-0.1, -0.05) is 0 Å². The van der Waals surface area contributed by atoms with E-state index in [1.807, 2.05) is 18.3 Å². The molecule has 2 aromatic heterocycles. The molecule has 24 heavy (non-hydrogen) atoms. The van der Waals surface area contributed by atoms with Crippen molar-refractivity contribution in [3.63, 3.8) is 0 Å². The highest BCUT2D eigenvalue weighted by atomic mass is 16.1. The molecule has 0 aliphatic heterocycles. The highest BCUT2D eigenvalue weighted by molar-refractivity contribution is 6.00. The molecule has 1 fully saturated rings. The van der Waals surface area contributed by atoms with Crippen molar-refractivity contribution in [3.8, 4) is 0 Å². The van der Waals surface area contributed by atoms with Crippen LogP contribution in [0.3, 0.4) is 0 Å². The first-order chi connectivity index (χ1) is 11.7. The molecule has 1 aliphatic rings. The lowest BCUT2D eigenvalue weighted by Gasteiger charge is -2.28. The van der Waals surface area contributed by atoms with Crippen molar-refractivity contribution in [2.45, 2.75) is 25.7 Å². The average molecular weight is 328 g/mol. The molecule has 0 atom stereocenters. The second kappa shape index (κ2) is 7.33. The summed E-state index contributed by atoms with van der Waals surface area (Å²) in [6, 6.07) is 3.77. The molecule has 2 heterocycles. The second-order valence-corrected chi connectivity index (χ2v) is 6.31. The minimum Gasteiger partial charge on any atom is -0.360 e. The van der Waals surface area contributed by atoms with Crippen molar-refractivity contribution >= 4 is 28.6 Å². The monoisotopic (exact) mass is 328 g/mol. The highest BCUT2D eigenvalue weighted by Crippen LogP contribution is 2.30. The van der Waals surface area contributed by atoms with E-state index in [1.165, 1.54) is 0 Å². The fraction of sp³-hybridized carbons (Fsp3) is 0.471. The number of carbonyl (C=O) groups is 1. The van der Waals surface area contributed by atoms with Crippen LogP contribution < -0.4 is 16.0 Å². The Morgan fingerprint density at radius 2 is 2.12 bits per heavy atom. The van der Waals surface area contributed by atoms with Crippen LogP contribution in [0.2, 0.25) is 0 Å². The Bertz CT molecular complexity index is 717. The lowest BCUT2D eigenvalue weighted by Crippen LogP contribution is -2.38. The molecule has 0 bridgehead atoms. The fourth-order valence-corrected chi connectivity index (χ4v) is 3.27. The molecule has 7 heteroatoms. The molecule has 1 amide bonds. The Balaban J connectivity index is 1.52. The molecule has 0 spiro atoms. The Morgan fingerprint density at radius 3 is 2.88 bits per heavy atom. The van der Waals surface area contributed by atoms with E-state index in [-0.39, 0.29) is 11.8 Å². The normalized spacial score (nSPS) is 20.5. The van der Waals surface area contributed by atoms with Crippen LogP contribution in [0.15, 0.2) is 24.5 Å². The molecule has 2 aromatic rings. The van der Waals surface area contributed by atoms with Crippen LogP contribution in [0.4, 0.5) is 5.69 Å². The van der Waals surface area contributed by atoms with Gasteiger partial charge in [-0.15, -0.1) is 0 Å². The number of hydrogen-bond donors (Lipinski definition) is 5. The number of H-pyrrole nitrogens is 1. The van der Waals surface area contributed by atoms with Gasteiger partial charge in [0.25, 0.3) is 0 Å². The first-order valence-electron chi connectivity index (χ1n) is 8.40. The first-order valence-corrected chi connectivity index (χ1v) is 8.40. The summed E-state index contributed by atoms with van der Waals surface area (Å²) >= 11 is 0. The summed E-state index contributed by atoms with van der Waals surface area (Å²) in [5, 5.41) is 17.4. The number of aromatic amines is 1. The predicted octanol–water partition coefficient (Wildman–Crippen LogP) is 2.05. The van der Waals surface area contributed by atoms with Crippen molar-refractivity contribution in [1.82, 2.24) is 20.6 Å². The number of nitrogens with one attached hydrogen (secondary N) is 5. The number of anilines is 1. The third-order valence-corrected chi connectivity index (χ3v) is 4.75. The van der Waals surface area contributed by atoms with E-state index in [2.05, 4.69) is 25.9 Å². The van der Waals surface area contributed by atoms with Gasteiger partial charge in [0.05, 0.1) is 5.69 Å². The van der Waals surface area contributed by atoms with Gasteiger partial charge in [0.1, 0.15) is 5.65 Å². The van der Waals surface area contributed by atoms with Crippen molar-refractivity contribution in [3.05, 3.63) is 24.5 Å². The molecule has 0 saturated heterocycles. The average Bonchev–Trinajstić information content (AvgIpc) is 3.10. The summed E-state index contributed by atoms with van der Waals surface area (Å²) in [7, 11) is 1.73. The molecule has 1 saturated carbocycles. The number of guanidine groups is 1. The summed E-state index contributed by atoms with van der Waals surface area (Å²) < 4.78 is 0. The Kier molecular flexibility index (Phi) is 4.98. The van der Waals surface area contributed by atoms with Crippen LogP contribution >= 0.6 is 0 Å². The number of amides is 1. The molecule has 0 radical (unpaired) electrons. The molecular weight excluding hydrogens is 304 g/mol. The molecular formula is C17H24N6O. The van der Waals surface area contributed by atoms with Crippen LogP contribution in [-0.2, 0) is 4.79 Å². The second-order valence-electron chi connectivity index (χ2n) is 6.31. The van der Waals surface area contributed by atoms with Gasteiger partial charge < -0.3 is 20.9 Å². The molecule has 5 N–H and O–H groups in total. The zero-order valence-corrected chi connectivity index (χ0v) is 13.9. The zero-order chi connectivity index (χ0) is 16.9. The standard InChI is InChI=1S/C17H24N6O/c1-19-17(18)22-10-11-2-4-12(5-3-11)16(24)23-14-7-9-21-15-13(14)6-8-20-15/h6-9,11-12H,2-5,10H2,1H3,(H3,18,19,22)(H2,20,21,23,24). The van der Waals surface area contributed by atoms with Crippen molar-refractivity contribution in [2.24, 2.45) is 11.8 Å². The third-order valence-electron chi connectivity index (χ3n) is 4.75. The first kappa shape index (κ1) is 16.3. The Labute approximate surface area is 141 Å². The molecule has 3 rings (SSSR count). The molecule has 1 aliphatic carbocycles. The van der Waals surface area contributed by atoms with Crippen LogP contribution in [0, 0.1) is 17.2 Å². The van der Waals surface area contributed by atoms with E-state index in [0.29, 0.717) is 11.9 Å². The topological polar surface area (TPSA) is 106 Å². The molecule has 0 unspecified atom stereocenters. The molecule has 0 aromatic carbocycles. The van der Waals surface area contributed by atoms with Crippen LogP contribution in [-0.4, -0.2) is 35.4 Å². The fourth-order valence-electron chi connectivity index (χ4n) is 3.27. The van der Waals surface area contributed by atoms with Gasteiger partial charge in [0, 0.05) is 37.3 Å². The van der Waals surface area contributed by atoms with E-state index < -0.39 is 0 Å². The number of aromatic nitrogens is 2. The number of rotatable bonds is 4. The number of fused-ring (bicyclic) bond motifs is 1. The van der Waals surface area contributed by atoms with Gasteiger partial charge in [-0.25, -0.2) is 4.98 Å². The van der Waals surface area contributed by atoms with Crippen LogP contribution in [0.25, 0.3) is 11.0 Å². The lowest BCUT2D eigenvalue weighted by atomic mass is 9.81. The van der Waals surface area contributed by atoms with Crippen LogP contribution in [0.5, 0.6) is 0 Å². The maximum atomic E-state index is 12.6. The van der Waals surface area contributed by atoms with Gasteiger partial charge in [-0.2, -0.15) is 0 Å². The summed E-state index contributed by atoms with van der Waals surface area (Å²) in [6.45, 7) is 0.794. The van der Waals surface area contributed by atoms with Gasteiger partial charge >= 0.3 is 0 Å². The lowest BCUT2D eigenvalue weighted by molar-refractivity contribution is -0.121. The van der Waals surface area contributed by atoms with Gasteiger partial charge in [0.15, 0.2) is 5.96 Å². The largest absolute Gasteiger partial charge is 0.360 e. The van der Waals surface area contributed by atoms with Gasteiger partial charge in [-0.05, 0) is 43.7 Å². The van der Waals surface area contributed by atoms with Crippen molar-refractivity contribution in [1.29, 1.82) is 5.41 Å². The van der Waals surface area contributed by atoms with E-state index in [0.717, 1.165) is 48.9 Å². The van der Waals surface area contributed by atoms with Gasteiger partial charge in [0.2, 0.25) is 5.91 Å². The Morgan fingerprint density at radius 1 is 1.33 bits per heavy atom. The minimum atomic E-state index is 0.0622. The molecule has 7 nitrogen and oxygen atoms in total. The van der Waals surface area contributed by atoms with E-state index in [4.69, 9.17) is 5.41 Å². The summed E-state index contributed by atoms with van der Waals surface area (Å²) in [5.74, 6) is 1.04.